The van der Waals surface area contributed by atoms with Crippen molar-refractivity contribution < 1.29 is 19.8 Å². The van der Waals surface area contributed by atoms with Crippen LogP contribution in [-0.4, -0.2) is 28.2 Å². The molecule has 2 aliphatic rings. The van der Waals surface area contributed by atoms with Gasteiger partial charge in [-0.1, -0.05) is 12.2 Å². The second-order valence-electron chi connectivity index (χ2n) is 4.25. The van der Waals surface area contributed by atoms with Crippen molar-refractivity contribution in [3.8, 4) is 0 Å². The second-order valence-corrected chi connectivity index (χ2v) is 4.25. The highest BCUT2D eigenvalue weighted by atomic mass is 16.4. The van der Waals surface area contributed by atoms with E-state index in [4.69, 9.17) is 15.9 Å². The number of carboxylic acids is 2. The predicted octanol–water partition coefficient (Wildman–Crippen LogP) is -0.0788. The normalized spacial score (nSPS) is 39.3. The van der Waals surface area contributed by atoms with Gasteiger partial charge in [0.2, 0.25) is 0 Å². The first kappa shape index (κ1) is 10.2. The van der Waals surface area contributed by atoms with E-state index >= 15 is 0 Å². The van der Waals surface area contributed by atoms with Crippen LogP contribution in [-0.2, 0) is 9.59 Å². The van der Waals surface area contributed by atoms with E-state index in [1.165, 1.54) is 0 Å². The number of hydrogen-bond donors (Lipinski definition) is 3. The fourth-order valence-corrected chi connectivity index (χ4v) is 2.86. The Balaban J connectivity index is 2.26. The van der Waals surface area contributed by atoms with Crippen molar-refractivity contribution in [3.63, 3.8) is 0 Å². The molecule has 5 atom stereocenters. The van der Waals surface area contributed by atoms with Crippen LogP contribution in [0, 0.1) is 23.7 Å². The maximum atomic E-state index is 11.0. The molecule has 2 bridgehead atoms. The van der Waals surface area contributed by atoms with Crippen molar-refractivity contribution >= 4 is 11.9 Å². The zero-order valence-electron chi connectivity index (χ0n) is 8.04. The van der Waals surface area contributed by atoms with Crippen LogP contribution >= 0.6 is 0 Å². The van der Waals surface area contributed by atoms with Gasteiger partial charge in [-0.3, -0.25) is 9.59 Å². The molecule has 1 fully saturated rings. The van der Waals surface area contributed by atoms with Gasteiger partial charge in [0.15, 0.2) is 0 Å². The molecule has 2 aliphatic carbocycles. The van der Waals surface area contributed by atoms with E-state index in [0.717, 1.165) is 6.42 Å². The van der Waals surface area contributed by atoms with E-state index in [2.05, 4.69) is 0 Å². The summed E-state index contributed by atoms with van der Waals surface area (Å²) < 4.78 is 0. The number of fused-ring (bicyclic) bond motifs is 2. The second kappa shape index (κ2) is 3.34. The summed E-state index contributed by atoms with van der Waals surface area (Å²) in [5, 5.41) is 17.9. The molecule has 0 unspecified atom stereocenters. The van der Waals surface area contributed by atoms with Crippen LogP contribution in [0.25, 0.3) is 0 Å². The maximum absolute atomic E-state index is 11.0. The molecule has 0 aromatic rings. The average molecular weight is 211 g/mol. The minimum atomic E-state index is -1.12. The van der Waals surface area contributed by atoms with Gasteiger partial charge in [-0.05, 0) is 18.3 Å². The maximum Gasteiger partial charge on any atom is 0.320 e. The van der Waals surface area contributed by atoms with Gasteiger partial charge in [-0.15, -0.1) is 0 Å². The van der Waals surface area contributed by atoms with Crippen molar-refractivity contribution in [2.45, 2.75) is 12.5 Å². The highest BCUT2D eigenvalue weighted by Crippen LogP contribution is 2.49. The first-order valence-electron chi connectivity index (χ1n) is 4.92. The van der Waals surface area contributed by atoms with Gasteiger partial charge in [0.25, 0.3) is 0 Å². The van der Waals surface area contributed by atoms with Crippen molar-refractivity contribution in [2.24, 2.45) is 29.4 Å². The molecule has 0 aromatic carbocycles. The van der Waals surface area contributed by atoms with Crippen LogP contribution in [0.5, 0.6) is 0 Å². The minimum Gasteiger partial charge on any atom is -0.481 e. The summed E-state index contributed by atoms with van der Waals surface area (Å²) in [6.07, 6.45) is 4.49. The molecule has 0 amide bonds. The van der Waals surface area contributed by atoms with Gasteiger partial charge in [0.1, 0.15) is 6.04 Å². The summed E-state index contributed by atoms with van der Waals surface area (Å²) in [4.78, 5) is 21.8. The molecule has 5 heteroatoms. The first-order chi connectivity index (χ1) is 7.02. The monoisotopic (exact) mass is 211 g/mol. The molecule has 0 heterocycles. The highest BCUT2D eigenvalue weighted by molar-refractivity contribution is 5.78. The van der Waals surface area contributed by atoms with Gasteiger partial charge in [0.05, 0.1) is 5.92 Å². The lowest BCUT2D eigenvalue weighted by molar-refractivity contribution is -0.147. The number of hydrogen-bond acceptors (Lipinski definition) is 3. The number of nitrogens with two attached hydrogens (primary N) is 1. The average Bonchev–Trinajstić information content (AvgIpc) is 2.74. The molecule has 5 nitrogen and oxygen atoms in total. The Kier molecular flexibility index (Phi) is 2.26. The SMILES string of the molecule is N[C@H](C(=O)O)[C@@H]1[C@H](C(=O)O)[C@@H]2C=C[C@H]1C2. The van der Waals surface area contributed by atoms with Crippen molar-refractivity contribution in [3.05, 3.63) is 12.2 Å². The number of carbonyl (C=O) groups is 2. The Labute approximate surface area is 86.6 Å². The molecule has 15 heavy (non-hydrogen) atoms. The van der Waals surface area contributed by atoms with Gasteiger partial charge in [-0.2, -0.15) is 0 Å². The third-order valence-corrected chi connectivity index (χ3v) is 3.51. The molecule has 0 radical (unpaired) electrons. The Bertz CT molecular complexity index is 338. The van der Waals surface area contributed by atoms with E-state index < -0.39 is 29.8 Å². The zero-order chi connectivity index (χ0) is 11.2. The van der Waals surface area contributed by atoms with Crippen molar-refractivity contribution in [1.82, 2.24) is 0 Å². The standard InChI is InChI=1S/C10H13NO4/c11-8(10(14)15)6-4-1-2-5(3-4)7(6)9(12)13/h1-2,4-8H,3,11H2,(H,12,13)(H,14,15)/t4-,5+,6-,7+,8-/m0/s1. The lowest BCUT2D eigenvalue weighted by atomic mass is 9.78. The fraction of sp³-hybridized carbons (Fsp3) is 0.600. The molecule has 0 aliphatic heterocycles. The Morgan fingerprint density at radius 3 is 2.40 bits per heavy atom. The van der Waals surface area contributed by atoms with Gasteiger partial charge in [0, 0.05) is 5.92 Å². The molecule has 82 valence electrons. The highest BCUT2D eigenvalue weighted by Gasteiger charge is 2.52. The summed E-state index contributed by atoms with van der Waals surface area (Å²) in [6, 6.07) is -1.08. The van der Waals surface area contributed by atoms with E-state index in [1.54, 1.807) is 0 Å². The van der Waals surface area contributed by atoms with E-state index in [9.17, 15) is 9.59 Å². The van der Waals surface area contributed by atoms with Crippen LogP contribution in [0.15, 0.2) is 12.2 Å². The molecular weight excluding hydrogens is 198 g/mol. The van der Waals surface area contributed by atoms with E-state index in [0.29, 0.717) is 0 Å². The quantitative estimate of drug-likeness (QED) is 0.567. The molecule has 0 aromatic heterocycles. The summed E-state index contributed by atoms with van der Waals surface area (Å²) in [6.45, 7) is 0. The lowest BCUT2D eigenvalue weighted by Crippen LogP contribution is -2.45. The van der Waals surface area contributed by atoms with Gasteiger partial charge >= 0.3 is 11.9 Å². The Hall–Kier alpha value is -1.36. The number of rotatable bonds is 3. The predicted molar refractivity (Wildman–Crippen MR) is 51.0 cm³/mol. The molecule has 0 spiro atoms. The number of aliphatic carboxylic acids is 2. The summed E-state index contributed by atoms with van der Waals surface area (Å²) in [5.41, 5.74) is 5.54. The number of allylic oxidation sites excluding steroid dienone is 2. The third-order valence-electron chi connectivity index (χ3n) is 3.51. The molecular formula is C10H13NO4. The van der Waals surface area contributed by atoms with Crippen LogP contribution in [0.1, 0.15) is 6.42 Å². The zero-order valence-corrected chi connectivity index (χ0v) is 8.04. The first-order valence-corrected chi connectivity index (χ1v) is 4.92. The number of carboxylic acid groups (broad SMARTS) is 2. The largest absolute Gasteiger partial charge is 0.481 e. The third kappa shape index (κ3) is 1.43. The Morgan fingerprint density at radius 1 is 1.27 bits per heavy atom. The topological polar surface area (TPSA) is 101 Å². The van der Waals surface area contributed by atoms with Crippen LogP contribution in [0.4, 0.5) is 0 Å². The smallest absolute Gasteiger partial charge is 0.320 e. The minimum absolute atomic E-state index is 0.0159. The van der Waals surface area contributed by atoms with Crippen LogP contribution in [0.2, 0.25) is 0 Å². The summed E-state index contributed by atoms with van der Waals surface area (Å²) in [5.74, 6) is -3.17. The molecule has 2 rings (SSSR count). The lowest BCUT2D eigenvalue weighted by Gasteiger charge is -2.27. The Morgan fingerprint density at radius 2 is 1.87 bits per heavy atom. The van der Waals surface area contributed by atoms with Crippen LogP contribution in [0.3, 0.4) is 0 Å². The molecule has 0 saturated heterocycles. The molecule has 4 N–H and O–H groups in total. The van der Waals surface area contributed by atoms with E-state index in [1.807, 2.05) is 12.2 Å². The van der Waals surface area contributed by atoms with Crippen LogP contribution < -0.4 is 5.73 Å². The molecule has 1 saturated carbocycles. The summed E-state index contributed by atoms with van der Waals surface area (Å²) >= 11 is 0. The van der Waals surface area contributed by atoms with Crippen molar-refractivity contribution in [2.75, 3.05) is 0 Å². The van der Waals surface area contributed by atoms with E-state index in [-0.39, 0.29) is 11.8 Å². The summed E-state index contributed by atoms with van der Waals surface area (Å²) in [7, 11) is 0. The fourth-order valence-electron chi connectivity index (χ4n) is 2.86. The van der Waals surface area contributed by atoms with Gasteiger partial charge < -0.3 is 15.9 Å². The van der Waals surface area contributed by atoms with Crippen molar-refractivity contribution in [1.29, 1.82) is 0 Å². The van der Waals surface area contributed by atoms with Gasteiger partial charge in [-0.25, -0.2) is 0 Å².